The van der Waals surface area contributed by atoms with Gasteiger partial charge in [0.1, 0.15) is 0 Å². The fourth-order valence-corrected chi connectivity index (χ4v) is 2.91. The first-order valence-corrected chi connectivity index (χ1v) is 7.16. The number of piperidine rings is 1. The van der Waals surface area contributed by atoms with E-state index in [1.807, 2.05) is 24.9 Å². The van der Waals surface area contributed by atoms with E-state index in [-0.39, 0.29) is 6.04 Å². The van der Waals surface area contributed by atoms with E-state index in [0.29, 0.717) is 11.8 Å². The van der Waals surface area contributed by atoms with E-state index in [4.69, 9.17) is 4.42 Å². The molecule has 0 spiro atoms. The van der Waals surface area contributed by atoms with Crippen LogP contribution < -0.4 is 0 Å². The molecule has 0 aromatic carbocycles. The Hall–Kier alpha value is -1.69. The Morgan fingerprint density at radius 1 is 1.30 bits per heavy atom. The van der Waals surface area contributed by atoms with Gasteiger partial charge in [0.15, 0.2) is 0 Å². The standard InChI is InChI=1S/C14H21N5O/c1-10(14-17-16-11(2)20-14)19-6-4-12(5-7-19)13-8-15-18(3)9-13/h8-10,12H,4-7H2,1-3H3/t10-/m1/s1. The van der Waals surface area contributed by atoms with Crippen molar-refractivity contribution in [3.8, 4) is 0 Å². The summed E-state index contributed by atoms with van der Waals surface area (Å²) in [4.78, 5) is 2.42. The van der Waals surface area contributed by atoms with Crippen LogP contribution in [0.15, 0.2) is 16.8 Å². The molecule has 3 heterocycles. The van der Waals surface area contributed by atoms with Crippen LogP contribution in [-0.2, 0) is 7.05 Å². The number of aromatic nitrogens is 4. The molecule has 108 valence electrons. The minimum atomic E-state index is 0.200. The van der Waals surface area contributed by atoms with Crippen molar-refractivity contribution in [1.82, 2.24) is 24.9 Å². The van der Waals surface area contributed by atoms with Gasteiger partial charge in [-0.25, -0.2) is 0 Å². The Balaban J connectivity index is 1.61. The second-order valence-corrected chi connectivity index (χ2v) is 5.59. The van der Waals surface area contributed by atoms with Crippen LogP contribution in [0.2, 0.25) is 0 Å². The molecule has 6 heteroatoms. The Morgan fingerprint density at radius 3 is 2.60 bits per heavy atom. The maximum absolute atomic E-state index is 5.54. The van der Waals surface area contributed by atoms with Crippen LogP contribution in [0.1, 0.15) is 49.1 Å². The van der Waals surface area contributed by atoms with Crippen LogP contribution in [0, 0.1) is 6.92 Å². The summed E-state index contributed by atoms with van der Waals surface area (Å²) in [6, 6.07) is 0.200. The third kappa shape index (κ3) is 2.60. The molecule has 0 amide bonds. The van der Waals surface area contributed by atoms with E-state index in [2.05, 4.69) is 33.3 Å². The molecule has 1 fully saturated rings. The summed E-state index contributed by atoms with van der Waals surface area (Å²) in [6.45, 7) is 6.08. The van der Waals surface area contributed by atoms with E-state index >= 15 is 0 Å². The zero-order valence-corrected chi connectivity index (χ0v) is 12.3. The van der Waals surface area contributed by atoms with E-state index in [0.717, 1.165) is 31.8 Å². The van der Waals surface area contributed by atoms with E-state index in [1.165, 1.54) is 5.56 Å². The first-order valence-electron chi connectivity index (χ1n) is 7.16. The Kier molecular flexibility index (Phi) is 3.56. The van der Waals surface area contributed by atoms with Crippen molar-refractivity contribution in [2.45, 2.75) is 38.6 Å². The van der Waals surface area contributed by atoms with Crippen LogP contribution >= 0.6 is 0 Å². The highest BCUT2D eigenvalue weighted by Crippen LogP contribution is 2.31. The van der Waals surface area contributed by atoms with Crippen molar-refractivity contribution in [3.05, 3.63) is 29.7 Å². The second kappa shape index (κ2) is 5.36. The minimum Gasteiger partial charge on any atom is -0.424 e. The molecule has 6 nitrogen and oxygen atoms in total. The molecule has 1 saturated heterocycles. The Bertz CT molecular complexity index is 568. The minimum absolute atomic E-state index is 0.200. The van der Waals surface area contributed by atoms with Crippen LogP contribution in [0.4, 0.5) is 0 Å². The lowest BCUT2D eigenvalue weighted by Crippen LogP contribution is -2.35. The SMILES string of the molecule is Cc1nnc([C@@H](C)N2CCC(c3cnn(C)c3)CC2)o1. The van der Waals surface area contributed by atoms with Gasteiger partial charge < -0.3 is 4.42 Å². The molecule has 0 N–H and O–H groups in total. The number of aryl methyl sites for hydroxylation is 2. The summed E-state index contributed by atoms with van der Waals surface area (Å²) in [6.07, 6.45) is 6.43. The molecule has 0 radical (unpaired) electrons. The molecule has 0 bridgehead atoms. The molecule has 1 aliphatic heterocycles. The predicted molar refractivity (Wildman–Crippen MR) is 74.2 cm³/mol. The molecule has 1 atom stereocenters. The monoisotopic (exact) mass is 275 g/mol. The van der Waals surface area contributed by atoms with Gasteiger partial charge in [-0.3, -0.25) is 9.58 Å². The largest absolute Gasteiger partial charge is 0.424 e. The smallest absolute Gasteiger partial charge is 0.233 e. The number of hydrogen-bond donors (Lipinski definition) is 0. The van der Waals surface area contributed by atoms with Crippen LogP contribution in [0.3, 0.4) is 0 Å². The fourth-order valence-electron chi connectivity index (χ4n) is 2.91. The van der Waals surface area contributed by atoms with Gasteiger partial charge in [-0.05, 0) is 44.3 Å². The van der Waals surface area contributed by atoms with Crippen molar-refractivity contribution in [1.29, 1.82) is 0 Å². The molecule has 3 rings (SSSR count). The first-order chi connectivity index (χ1) is 9.63. The van der Waals surface area contributed by atoms with Crippen molar-refractivity contribution >= 4 is 0 Å². The topological polar surface area (TPSA) is 60.0 Å². The van der Waals surface area contributed by atoms with Gasteiger partial charge in [0, 0.05) is 20.2 Å². The first kappa shape index (κ1) is 13.3. The number of likely N-dealkylation sites (tertiary alicyclic amines) is 1. The Labute approximate surface area is 118 Å². The van der Waals surface area contributed by atoms with Gasteiger partial charge in [0.2, 0.25) is 11.8 Å². The average molecular weight is 275 g/mol. The molecule has 2 aromatic heterocycles. The molecule has 0 saturated carbocycles. The molecule has 20 heavy (non-hydrogen) atoms. The predicted octanol–water partition coefficient (Wildman–Crippen LogP) is 2.05. The van der Waals surface area contributed by atoms with Crippen molar-refractivity contribution in [2.75, 3.05) is 13.1 Å². The van der Waals surface area contributed by atoms with E-state index in [1.54, 1.807) is 0 Å². The molecule has 0 aliphatic carbocycles. The molecule has 0 unspecified atom stereocenters. The highest BCUT2D eigenvalue weighted by Gasteiger charge is 2.27. The van der Waals surface area contributed by atoms with Crippen LogP contribution in [-0.4, -0.2) is 38.0 Å². The zero-order chi connectivity index (χ0) is 14.1. The summed E-state index contributed by atoms with van der Waals surface area (Å²) in [5.41, 5.74) is 1.36. The van der Waals surface area contributed by atoms with E-state index < -0.39 is 0 Å². The van der Waals surface area contributed by atoms with Gasteiger partial charge in [0.25, 0.3) is 0 Å². The molecule has 2 aromatic rings. The summed E-state index contributed by atoms with van der Waals surface area (Å²) >= 11 is 0. The van der Waals surface area contributed by atoms with Crippen molar-refractivity contribution < 1.29 is 4.42 Å². The van der Waals surface area contributed by atoms with Gasteiger partial charge in [-0.2, -0.15) is 5.10 Å². The van der Waals surface area contributed by atoms with Gasteiger partial charge in [-0.1, -0.05) is 0 Å². The Morgan fingerprint density at radius 2 is 2.05 bits per heavy atom. The number of hydrogen-bond acceptors (Lipinski definition) is 5. The quantitative estimate of drug-likeness (QED) is 0.858. The molecular formula is C14H21N5O. The number of nitrogens with zero attached hydrogens (tertiary/aromatic N) is 5. The maximum Gasteiger partial charge on any atom is 0.233 e. The summed E-state index contributed by atoms with van der Waals surface area (Å²) in [5.74, 6) is 1.98. The summed E-state index contributed by atoms with van der Waals surface area (Å²) in [7, 11) is 1.97. The van der Waals surface area contributed by atoms with Crippen molar-refractivity contribution in [3.63, 3.8) is 0 Å². The lowest BCUT2D eigenvalue weighted by atomic mass is 9.91. The lowest BCUT2D eigenvalue weighted by Gasteiger charge is -2.34. The highest BCUT2D eigenvalue weighted by molar-refractivity contribution is 5.12. The van der Waals surface area contributed by atoms with E-state index in [9.17, 15) is 0 Å². The average Bonchev–Trinajstić information content (AvgIpc) is 3.07. The summed E-state index contributed by atoms with van der Waals surface area (Å²) < 4.78 is 7.42. The molecule has 1 aliphatic rings. The van der Waals surface area contributed by atoms with Gasteiger partial charge >= 0.3 is 0 Å². The third-order valence-corrected chi connectivity index (χ3v) is 4.17. The van der Waals surface area contributed by atoms with Gasteiger partial charge in [0.05, 0.1) is 12.2 Å². The second-order valence-electron chi connectivity index (χ2n) is 5.59. The number of rotatable bonds is 3. The van der Waals surface area contributed by atoms with Crippen molar-refractivity contribution in [2.24, 2.45) is 7.05 Å². The van der Waals surface area contributed by atoms with Crippen LogP contribution in [0.25, 0.3) is 0 Å². The normalized spacial score (nSPS) is 19.4. The maximum atomic E-state index is 5.54. The van der Waals surface area contributed by atoms with Gasteiger partial charge in [-0.15, -0.1) is 10.2 Å². The zero-order valence-electron chi connectivity index (χ0n) is 12.3. The van der Waals surface area contributed by atoms with Crippen LogP contribution in [0.5, 0.6) is 0 Å². The summed E-state index contributed by atoms with van der Waals surface area (Å²) in [5, 5.41) is 12.3. The highest BCUT2D eigenvalue weighted by atomic mass is 16.4. The fraction of sp³-hybridized carbons (Fsp3) is 0.643. The lowest BCUT2D eigenvalue weighted by molar-refractivity contribution is 0.142. The third-order valence-electron chi connectivity index (χ3n) is 4.17. The molecular weight excluding hydrogens is 254 g/mol.